The van der Waals surface area contributed by atoms with E-state index in [1.807, 2.05) is 48.5 Å². The number of anilines is 3. The van der Waals surface area contributed by atoms with E-state index in [-0.39, 0.29) is 5.04 Å². The van der Waals surface area contributed by atoms with Gasteiger partial charge in [0.1, 0.15) is 5.75 Å². The Morgan fingerprint density at radius 3 is 1.77 bits per heavy atom. The average Bonchev–Trinajstić information content (AvgIpc) is 2.69. The summed E-state index contributed by atoms with van der Waals surface area (Å²) in [5, 5.41) is 7.13. The lowest BCUT2D eigenvalue weighted by Crippen LogP contribution is -2.43. The summed E-state index contributed by atoms with van der Waals surface area (Å²) < 4.78 is 6.33. The second kappa shape index (κ2) is 11.4. The van der Waals surface area contributed by atoms with E-state index in [9.17, 15) is 0 Å². The molecule has 31 heavy (non-hydrogen) atoms. The van der Waals surface area contributed by atoms with Gasteiger partial charge in [-0.25, -0.2) is 0 Å². The Morgan fingerprint density at radius 1 is 0.903 bits per heavy atom. The van der Waals surface area contributed by atoms with Crippen LogP contribution in [0.15, 0.2) is 48.5 Å². The van der Waals surface area contributed by atoms with E-state index in [0.29, 0.717) is 16.9 Å². The van der Waals surface area contributed by atoms with Crippen molar-refractivity contribution in [3.8, 4) is 5.75 Å². The van der Waals surface area contributed by atoms with Crippen LogP contribution in [0.1, 0.15) is 20.8 Å². The van der Waals surface area contributed by atoms with E-state index < -0.39 is 8.32 Å². The number of halogens is 2. The molecular formula is C23H33Cl2N3OSSi. The number of rotatable bonds is 9. The minimum Gasteiger partial charge on any atom is -0.544 e. The van der Waals surface area contributed by atoms with Crippen LogP contribution < -0.4 is 20.0 Å². The summed E-state index contributed by atoms with van der Waals surface area (Å²) in [6.07, 6.45) is 0. The number of thiocarbonyl (C=S) groups is 1. The first-order chi connectivity index (χ1) is 14.6. The molecule has 0 aliphatic heterocycles. The van der Waals surface area contributed by atoms with Crippen molar-refractivity contribution in [1.29, 1.82) is 0 Å². The van der Waals surface area contributed by atoms with Gasteiger partial charge in [-0.05, 0) is 78.9 Å². The first-order valence-electron chi connectivity index (χ1n) is 10.4. The van der Waals surface area contributed by atoms with Gasteiger partial charge in [-0.15, -0.1) is 23.2 Å². The molecule has 0 spiro atoms. The third kappa shape index (κ3) is 7.86. The van der Waals surface area contributed by atoms with Crippen molar-refractivity contribution < 1.29 is 4.43 Å². The van der Waals surface area contributed by atoms with E-state index in [0.717, 1.165) is 35.9 Å². The number of nitrogens with zero attached hydrogens (tertiary/aromatic N) is 1. The summed E-state index contributed by atoms with van der Waals surface area (Å²) in [6.45, 7) is 12.7. The van der Waals surface area contributed by atoms with Crippen LogP contribution >= 0.6 is 35.4 Å². The fourth-order valence-electron chi connectivity index (χ4n) is 2.68. The lowest BCUT2D eigenvalue weighted by molar-refractivity contribution is 0.492. The molecule has 2 rings (SSSR count). The molecule has 2 aromatic carbocycles. The van der Waals surface area contributed by atoms with Crippen LogP contribution in [0.5, 0.6) is 5.75 Å². The van der Waals surface area contributed by atoms with Crippen molar-refractivity contribution in [1.82, 2.24) is 0 Å². The zero-order valence-electron chi connectivity index (χ0n) is 19.0. The van der Waals surface area contributed by atoms with Crippen LogP contribution in [0.4, 0.5) is 17.1 Å². The molecule has 0 aliphatic rings. The van der Waals surface area contributed by atoms with Gasteiger partial charge in [0, 0.05) is 41.9 Å². The molecule has 0 amide bonds. The third-order valence-corrected chi connectivity index (χ3v) is 10.4. The number of benzene rings is 2. The molecule has 0 aliphatic carbocycles. The first kappa shape index (κ1) is 25.8. The Labute approximate surface area is 203 Å². The first-order valence-corrected chi connectivity index (χ1v) is 14.8. The van der Waals surface area contributed by atoms with Gasteiger partial charge in [0.2, 0.25) is 8.32 Å². The van der Waals surface area contributed by atoms with E-state index in [2.05, 4.69) is 49.4 Å². The van der Waals surface area contributed by atoms with Gasteiger partial charge in [-0.2, -0.15) is 0 Å². The minimum atomic E-state index is -1.85. The predicted octanol–water partition coefficient (Wildman–Crippen LogP) is 7.16. The van der Waals surface area contributed by atoms with Crippen molar-refractivity contribution in [2.75, 3.05) is 40.4 Å². The summed E-state index contributed by atoms with van der Waals surface area (Å²) in [5.41, 5.74) is 2.91. The minimum absolute atomic E-state index is 0.163. The van der Waals surface area contributed by atoms with Gasteiger partial charge < -0.3 is 20.0 Å². The normalized spacial score (nSPS) is 11.7. The molecule has 0 saturated carbocycles. The van der Waals surface area contributed by atoms with Crippen molar-refractivity contribution in [2.45, 2.75) is 38.9 Å². The van der Waals surface area contributed by atoms with Gasteiger partial charge >= 0.3 is 0 Å². The molecule has 0 radical (unpaired) electrons. The molecule has 8 heteroatoms. The highest BCUT2D eigenvalue weighted by molar-refractivity contribution is 7.80. The zero-order valence-corrected chi connectivity index (χ0v) is 22.3. The summed E-state index contributed by atoms with van der Waals surface area (Å²) in [4.78, 5) is 2.16. The molecule has 0 unspecified atom stereocenters. The molecule has 0 bridgehead atoms. The lowest BCUT2D eigenvalue weighted by atomic mass is 10.2. The molecule has 0 aromatic heterocycles. The smallest absolute Gasteiger partial charge is 0.250 e. The molecule has 2 N–H and O–H groups in total. The van der Waals surface area contributed by atoms with Crippen molar-refractivity contribution in [3.05, 3.63) is 48.5 Å². The number of alkyl halides is 2. The second-order valence-electron chi connectivity index (χ2n) is 8.88. The van der Waals surface area contributed by atoms with Gasteiger partial charge in [-0.3, -0.25) is 0 Å². The molecule has 0 fully saturated rings. The zero-order chi connectivity index (χ0) is 23.1. The quantitative estimate of drug-likeness (QED) is 0.218. The van der Waals surface area contributed by atoms with Crippen LogP contribution in [0, 0.1) is 0 Å². The Balaban J connectivity index is 1.94. The summed E-state index contributed by atoms with van der Waals surface area (Å²) in [7, 11) is -1.85. The van der Waals surface area contributed by atoms with E-state index in [1.54, 1.807) is 0 Å². The van der Waals surface area contributed by atoms with Gasteiger partial charge in [0.25, 0.3) is 0 Å². The van der Waals surface area contributed by atoms with Crippen molar-refractivity contribution in [3.63, 3.8) is 0 Å². The van der Waals surface area contributed by atoms with Crippen LogP contribution in [0.2, 0.25) is 18.1 Å². The fourth-order valence-corrected chi connectivity index (χ4v) is 4.35. The third-order valence-electron chi connectivity index (χ3n) is 5.49. The SMILES string of the molecule is CC(C)(C)[Si](C)(C)Oc1ccc(NC(=S)Nc2ccc(N(CCCl)CCCl)cc2)cc1. The summed E-state index contributed by atoms with van der Waals surface area (Å²) >= 11 is 17.2. The molecule has 2 aromatic rings. The van der Waals surface area contributed by atoms with Gasteiger partial charge in [0.05, 0.1) is 0 Å². The van der Waals surface area contributed by atoms with E-state index >= 15 is 0 Å². The number of nitrogens with one attached hydrogen (secondary N) is 2. The maximum absolute atomic E-state index is 6.33. The Bertz CT molecular complexity index is 833. The Kier molecular flexibility index (Phi) is 9.49. The molecule has 4 nitrogen and oxygen atoms in total. The van der Waals surface area contributed by atoms with E-state index in [1.165, 1.54) is 0 Å². The highest BCUT2D eigenvalue weighted by Crippen LogP contribution is 2.37. The molecule has 0 atom stereocenters. The highest BCUT2D eigenvalue weighted by atomic mass is 35.5. The largest absolute Gasteiger partial charge is 0.544 e. The Hall–Kier alpha value is -1.47. The van der Waals surface area contributed by atoms with Crippen LogP contribution in [0.25, 0.3) is 0 Å². The van der Waals surface area contributed by atoms with Crippen molar-refractivity contribution >= 4 is 65.9 Å². The van der Waals surface area contributed by atoms with Gasteiger partial charge in [-0.1, -0.05) is 20.8 Å². The highest BCUT2D eigenvalue weighted by Gasteiger charge is 2.38. The molecule has 0 heterocycles. The summed E-state index contributed by atoms with van der Waals surface area (Å²) in [5.74, 6) is 2.01. The van der Waals surface area contributed by atoms with Crippen molar-refractivity contribution in [2.24, 2.45) is 0 Å². The topological polar surface area (TPSA) is 36.5 Å². The fraction of sp³-hybridized carbons (Fsp3) is 0.435. The number of hydrogen-bond donors (Lipinski definition) is 2. The number of hydrogen-bond acceptors (Lipinski definition) is 3. The van der Waals surface area contributed by atoms with Crippen LogP contribution in [-0.4, -0.2) is 38.3 Å². The standard InChI is InChI=1S/C23H33Cl2N3OSSi/c1-23(2,3)31(4,5)29-21-12-8-19(9-13-21)27-22(30)26-18-6-10-20(11-7-18)28(16-14-24)17-15-25/h6-13H,14-17H2,1-5H3,(H2,26,27,30). The maximum atomic E-state index is 6.33. The summed E-state index contributed by atoms with van der Waals surface area (Å²) in [6, 6.07) is 16.0. The maximum Gasteiger partial charge on any atom is 0.250 e. The van der Waals surface area contributed by atoms with E-state index in [4.69, 9.17) is 39.8 Å². The van der Waals surface area contributed by atoms with Gasteiger partial charge in [0.15, 0.2) is 5.11 Å². The van der Waals surface area contributed by atoms with Crippen LogP contribution in [0.3, 0.4) is 0 Å². The average molecular weight is 499 g/mol. The lowest BCUT2D eigenvalue weighted by Gasteiger charge is -2.36. The molecule has 0 saturated heterocycles. The predicted molar refractivity (Wildman–Crippen MR) is 144 cm³/mol. The second-order valence-corrected chi connectivity index (χ2v) is 14.8. The molecular weight excluding hydrogens is 465 g/mol. The molecule has 170 valence electrons. The van der Waals surface area contributed by atoms with Crippen LogP contribution in [-0.2, 0) is 0 Å². The monoisotopic (exact) mass is 497 g/mol. The Morgan fingerprint density at radius 2 is 1.35 bits per heavy atom.